The van der Waals surface area contributed by atoms with Crippen molar-refractivity contribution in [1.82, 2.24) is 4.98 Å². The number of ether oxygens (including phenoxy) is 1. The first-order valence-electron chi connectivity index (χ1n) is 6.53. The van der Waals surface area contributed by atoms with Gasteiger partial charge in [0.1, 0.15) is 17.9 Å². The summed E-state index contributed by atoms with van der Waals surface area (Å²) < 4.78 is 5.70. The number of aromatic carboxylic acids is 1. The summed E-state index contributed by atoms with van der Waals surface area (Å²) >= 11 is 0. The van der Waals surface area contributed by atoms with Crippen molar-refractivity contribution < 1.29 is 19.6 Å². The van der Waals surface area contributed by atoms with E-state index in [2.05, 4.69) is 11.9 Å². The van der Waals surface area contributed by atoms with Crippen molar-refractivity contribution in [1.29, 1.82) is 0 Å². The van der Waals surface area contributed by atoms with Crippen molar-refractivity contribution in [3.63, 3.8) is 0 Å². The topological polar surface area (TPSA) is 103 Å². The van der Waals surface area contributed by atoms with Gasteiger partial charge in [0.15, 0.2) is 0 Å². The van der Waals surface area contributed by atoms with Crippen LogP contribution in [-0.4, -0.2) is 27.1 Å². The van der Waals surface area contributed by atoms with Crippen LogP contribution < -0.4 is 4.74 Å². The zero-order valence-corrected chi connectivity index (χ0v) is 11.1. The maximum Gasteiger partial charge on any atom is 0.342 e. The highest BCUT2D eigenvalue weighted by Gasteiger charge is 2.26. The highest BCUT2D eigenvalue weighted by Crippen LogP contribution is 2.29. The van der Waals surface area contributed by atoms with Crippen LogP contribution in [0.2, 0.25) is 0 Å². The number of hydrogen-bond donors (Lipinski definition) is 1. The van der Waals surface area contributed by atoms with Gasteiger partial charge in [0.05, 0.1) is 4.92 Å². The van der Waals surface area contributed by atoms with E-state index in [1.165, 1.54) is 0 Å². The molecule has 1 aromatic heterocycles. The van der Waals surface area contributed by atoms with Crippen LogP contribution in [0.5, 0.6) is 5.88 Å². The number of carboxylic acids is 1. The third-order valence-electron chi connectivity index (χ3n) is 3.59. The Morgan fingerprint density at radius 1 is 1.50 bits per heavy atom. The van der Waals surface area contributed by atoms with Crippen LogP contribution in [0.15, 0.2) is 12.3 Å². The summed E-state index contributed by atoms with van der Waals surface area (Å²) in [5, 5.41) is 19.8. The molecule has 2 rings (SSSR count). The van der Waals surface area contributed by atoms with Crippen molar-refractivity contribution in [3.8, 4) is 5.88 Å². The fraction of sp³-hybridized carbons (Fsp3) is 0.538. The van der Waals surface area contributed by atoms with E-state index in [9.17, 15) is 14.9 Å². The van der Waals surface area contributed by atoms with E-state index in [0.29, 0.717) is 5.92 Å². The largest absolute Gasteiger partial charge is 0.477 e. The second-order valence-corrected chi connectivity index (χ2v) is 5.02. The molecule has 0 saturated heterocycles. The number of aromatic nitrogens is 1. The predicted octanol–water partition coefficient (Wildman–Crippen LogP) is 2.65. The highest BCUT2D eigenvalue weighted by atomic mass is 16.6. The average molecular weight is 280 g/mol. The zero-order chi connectivity index (χ0) is 14.7. The molecule has 0 aliphatic heterocycles. The van der Waals surface area contributed by atoms with Crippen LogP contribution in [0.25, 0.3) is 0 Å². The van der Waals surface area contributed by atoms with Crippen LogP contribution in [0.1, 0.15) is 43.0 Å². The van der Waals surface area contributed by atoms with Gasteiger partial charge in [-0.3, -0.25) is 10.1 Å². The minimum atomic E-state index is -1.36. The number of pyridine rings is 1. The minimum absolute atomic E-state index is 0.0145. The molecule has 1 fully saturated rings. The van der Waals surface area contributed by atoms with E-state index in [-0.39, 0.29) is 12.0 Å². The van der Waals surface area contributed by atoms with Gasteiger partial charge in [0.25, 0.3) is 0 Å². The van der Waals surface area contributed by atoms with E-state index in [0.717, 1.165) is 37.9 Å². The third kappa shape index (κ3) is 3.04. The maximum absolute atomic E-state index is 11.0. The molecule has 1 heterocycles. The zero-order valence-electron chi connectivity index (χ0n) is 11.1. The minimum Gasteiger partial charge on any atom is -0.477 e. The van der Waals surface area contributed by atoms with Gasteiger partial charge in [-0.15, -0.1) is 0 Å². The Morgan fingerprint density at radius 2 is 2.20 bits per heavy atom. The Bertz CT molecular complexity index is 531. The SMILES string of the molecule is CC1CCCCC1Oc1cc(C(=O)O)c([N+](=O)[O-])cn1. The molecule has 1 N–H and O–H groups in total. The summed E-state index contributed by atoms with van der Waals surface area (Å²) in [4.78, 5) is 24.9. The lowest BCUT2D eigenvalue weighted by Gasteiger charge is -2.28. The van der Waals surface area contributed by atoms with Crippen LogP contribution in [0.3, 0.4) is 0 Å². The number of hydrogen-bond acceptors (Lipinski definition) is 5. The molecule has 1 aliphatic rings. The number of carbonyl (C=O) groups is 1. The van der Waals surface area contributed by atoms with Crippen LogP contribution in [0, 0.1) is 16.0 Å². The highest BCUT2D eigenvalue weighted by molar-refractivity contribution is 5.92. The molecule has 2 unspecified atom stereocenters. The lowest BCUT2D eigenvalue weighted by molar-refractivity contribution is -0.385. The maximum atomic E-state index is 11.0. The molecule has 7 heteroatoms. The molecule has 7 nitrogen and oxygen atoms in total. The molecular weight excluding hydrogens is 264 g/mol. The summed E-state index contributed by atoms with van der Waals surface area (Å²) in [7, 11) is 0. The summed E-state index contributed by atoms with van der Waals surface area (Å²) in [6.45, 7) is 2.08. The molecule has 0 radical (unpaired) electrons. The van der Waals surface area contributed by atoms with Gasteiger partial charge in [0, 0.05) is 6.07 Å². The van der Waals surface area contributed by atoms with Crippen LogP contribution in [-0.2, 0) is 0 Å². The van der Waals surface area contributed by atoms with Gasteiger partial charge in [-0.1, -0.05) is 13.3 Å². The van der Waals surface area contributed by atoms with Crippen LogP contribution >= 0.6 is 0 Å². The number of nitrogens with zero attached hydrogens (tertiary/aromatic N) is 2. The molecule has 0 spiro atoms. The Kier molecular flexibility index (Phi) is 4.16. The number of rotatable bonds is 4. The normalized spacial score (nSPS) is 22.2. The average Bonchev–Trinajstić information content (AvgIpc) is 2.41. The summed E-state index contributed by atoms with van der Waals surface area (Å²) in [5.41, 5.74) is -0.926. The van der Waals surface area contributed by atoms with E-state index < -0.39 is 22.1 Å². The summed E-state index contributed by atoms with van der Waals surface area (Å²) in [6.07, 6.45) is 5.10. The smallest absolute Gasteiger partial charge is 0.342 e. The lowest BCUT2D eigenvalue weighted by atomic mass is 9.88. The Balaban J connectivity index is 2.22. The van der Waals surface area contributed by atoms with Gasteiger partial charge >= 0.3 is 11.7 Å². The monoisotopic (exact) mass is 280 g/mol. The summed E-state index contributed by atoms with van der Waals surface area (Å²) in [5.74, 6) is -0.860. The Labute approximate surface area is 115 Å². The third-order valence-corrected chi connectivity index (χ3v) is 3.59. The fourth-order valence-electron chi connectivity index (χ4n) is 2.42. The molecule has 0 aromatic carbocycles. The quantitative estimate of drug-likeness (QED) is 0.671. The van der Waals surface area contributed by atoms with Gasteiger partial charge < -0.3 is 9.84 Å². The van der Waals surface area contributed by atoms with Crippen molar-refractivity contribution >= 4 is 11.7 Å². The standard InChI is InChI=1S/C13H16N2O5/c1-8-4-2-3-5-11(8)20-12-6-9(13(16)17)10(7-14-12)15(18)19/h6-8,11H,2-5H2,1H3,(H,16,17). The van der Waals surface area contributed by atoms with Gasteiger partial charge in [-0.05, 0) is 25.2 Å². The number of carboxylic acid groups (broad SMARTS) is 1. The van der Waals surface area contributed by atoms with Gasteiger partial charge in [0.2, 0.25) is 5.88 Å². The second-order valence-electron chi connectivity index (χ2n) is 5.02. The summed E-state index contributed by atoms with van der Waals surface area (Å²) in [6, 6.07) is 1.13. The first kappa shape index (κ1) is 14.2. The molecular formula is C13H16N2O5. The van der Waals surface area contributed by atoms with E-state index in [4.69, 9.17) is 9.84 Å². The molecule has 1 saturated carbocycles. The molecule has 2 atom stereocenters. The molecule has 108 valence electrons. The first-order chi connectivity index (χ1) is 9.49. The Morgan fingerprint density at radius 3 is 2.80 bits per heavy atom. The molecule has 0 amide bonds. The number of nitro groups is 1. The molecule has 1 aliphatic carbocycles. The van der Waals surface area contributed by atoms with Crippen molar-refractivity contribution in [2.24, 2.45) is 5.92 Å². The second kappa shape index (κ2) is 5.85. The molecule has 20 heavy (non-hydrogen) atoms. The fourth-order valence-corrected chi connectivity index (χ4v) is 2.42. The van der Waals surface area contributed by atoms with Crippen LogP contribution in [0.4, 0.5) is 5.69 Å². The van der Waals surface area contributed by atoms with Crippen molar-refractivity contribution in [2.45, 2.75) is 38.7 Å². The lowest BCUT2D eigenvalue weighted by Crippen LogP contribution is -2.28. The Hall–Kier alpha value is -2.18. The van der Waals surface area contributed by atoms with Crippen molar-refractivity contribution in [3.05, 3.63) is 27.9 Å². The van der Waals surface area contributed by atoms with E-state index in [1.807, 2.05) is 0 Å². The van der Waals surface area contributed by atoms with E-state index >= 15 is 0 Å². The van der Waals surface area contributed by atoms with Gasteiger partial charge in [-0.2, -0.15) is 0 Å². The molecule has 0 bridgehead atoms. The molecule has 1 aromatic rings. The van der Waals surface area contributed by atoms with Gasteiger partial charge in [-0.25, -0.2) is 9.78 Å². The van der Waals surface area contributed by atoms with E-state index in [1.54, 1.807) is 0 Å². The predicted molar refractivity (Wildman–Crippen MR) is 69.9 cm³/mol. The van der Waals surface area contributed by atoms with Crippen molar-refractivity contribution in [2.75, 3.05) is 0 Å². The first-order valence-corrected chi connectivity index (χ1v) is 6.53.